The zero-order valence-corrected chi connectivity index (χ0v) is 12.6. The zero-order valence-electron chi connectivity index (χ0n) is 11.0. The van der Waals surface area contributed by atoms with Gasteiger partial charge in [-0.15, -0.1) is 23.5 Å². The summed E-state index contributed by atoms with van der Waals surface area (Å²) in [5.41, 5.74) is 0. The second-order valence-corrected chi connectivity index (χ2v) is 6.29. The highest BCUT2D eigenvalue weighted by Gasteiger charge is 2.08. The van der Waals surface area contributed by atoms with Gasteiger partial charge in [0.2, 0.25) is 0 Å². The first-order valence-electron chi connectivity index (χ1n) is 6.27. The molecule has 0 spiro atoms. The van der Waals surface area contributed by atoms with Gasteiger partial charge in [-0.25, -0.2) is 0 Å². The van der Waals surface area contributed by atoms with E-state index in [2.05, 4.69) is 48.5 Å². The average molecular weight is 290 g/mol. The number of ether oxygens (including phenoxy) is 1. The van der Waals surface area contributed by atoms with Crippen LogP contribution in [0.4, 0.5) is 0 Å². The normalized spacial score (nSPS) is 10.8. The van der Waals surface area contributed by atoms with E-state index in [1.54, 1.807) is 7.11 Å². The predicted octanol–water partition coefficient (Wildman–Crippen LogP) is 4.59. The molecule has 0 N–H and O–H groups in total. The molecular weight excluding hydrogens is 272 g/mol. The minimum Gasteiger partial charge on any atom is -0.380 e. The first-order chi connectivity index (χ1) is 9.38. The molecule has 0 unspecified atom stereocenters. The van der Waals surface area contributed by atoms with Crippen molar-refractivity contribution in [2.24, 2.45) is 0 Å². The number of rotatable bonds is 7. The van der Waals surface area contributed by atoms with E-state index < -0.39 is 0 Å². The molecule has 19 heavy (non-hydrogen) atoms. The third-order valence-electron chi connectivity index (χ3n) is 2.69. The quantitative estimate of drug-likeness (QED) is 0.690. The van der Waals surface area contributed by atoms with E-state index in [0.717, 1.165) is 11.5 Å². The Balaban J connectivity index is 1.77. The number of hydrogen-bond acceptors (Lipinski definition) is 3. The minimum absolute atomic E-state index is 0.274. The van der Waals surface area contributed by atoms with Crippen molar-refractivity contribution in [1.29, 1.82) is 0 Å². The van der Waals surface area contributed by atoms with E-state index in [9.17, 15) is 0 Å². The molecular formula is C16H18OS2. The van der Waals surface area contributed by atoms with Gasteiger partial charge in [0.1, 0.15) is 0 Å². The summed E-state index contributed by atoms with van der Waals surface area (Å²) < 4.78 is 5.55. The number of hydrogen-bond donors (Lipinski definition) is 0. The summed E-state index contributed by atoms with van der Waals surface area (Å²) in [5.74, 6) is 1.97. The van der Waals surface area contributed by atoms with Crippen LogP contribution >= 0.6 is 23.5 Å². The van der Waals surface area contributed by atoms with Crippen LogP contribution in [0.1, 0.15) is 0 Å². The van der Waals surface area contributed by atoms with Gasteiger partial charge < -0.3 is 4.74 Å². The fourth-order valence-corrected chi connectivity index (χ4v) is 3.71. The van der Waals surface area contributed by atoms with Crippen LogP contribution in [0, 0.1) is 0 Å². The molecule has 3 heteroatoms. The van der Waals surface area contributed by atoms with Crippen molar-refractivity contribution in [3.8, 4) is 0 Å². The fourth-order valence-electron chi connectivity index (χ4n) is 1.60. The maximum Gasteiger partial charge on any atom is 0.0758 e. The van der Waals surface area contributed by atoms with Crippen LogP contribution in [0.2, 0.25) is 0 Å². The van der Waals surface area contributed by atoms with Crippen molar-refractivity contribution in [3.05, 3.63) is 60.7 Å². The van der Waals surface area contributed by atoms with Crippen LogP contribution < -0.4 is 0 Å². The molecule has 0 amide bonds. The standard InChI is InChI=1S/C16H18OS2/c1-17-14(12-18-15-8-4-2-5-9-15)13-19-16-10-6-3-7-11-16/h2-11,14H,12-13H2,1H3. The molecule has 2 aromatic carbocycles. The van der Waals surface area contributed by atoms with Gasteiger partial charge >= 0.3 is 0 Å². The Bertz CT molecular complexity index is 415. The predicted molar refractivity (Wildman–Crippen MR) is 85.1 cm³/mol. The van der Waals surface area contributed by atoms with Gasteiger partial charge in [-0.3, -0.25) is 0 Å². The van der Waals surface area contributed by atoms with Gasteiger partial charge in [0.25, 0.3) is 0 Å². The largest absolute Gasteiger partial charge is 0.380 e. The van der Waals surface area contributed by atoms with Crippen molar-refractivity contribution in [1.82, 2.24) is 0 Å². The van der Waals surface area contributed by atoms with Gasteiger partial charge in [0.15, 0.2) is 0 Å². The zero-order chi connectivity index (χ0) is 13.3. The smallest absolute Gasteiger partial charge is 0.0758 e. The van der Waals surface area contributed by atoms with E-state index in [-0.39, 0.29) is 6.10 Å². The second kappa shape index (κ2) is 8.31. The Hall–Kier alpha value is -0.900. The Labute approximate surface area is 123 Å². The summed E-state index contributed by atoms with van der Waals surface area (Å²) in [5, 5.41) is 0. The van der Waals surface area contributed by atoms with Gasteiger partial charge in [-0.2, -0.15) is 0 Å². The van der Waals surface area contributed by atoms with Crippen molar-refractivity contribution in [2.75, 3.05) is 18.6 Å². The maximum absolute atomic E-state index is 5.55. The highest BCUT2D eigenvalue weighted by atomic mass is 32.2. The van der Waals surface area contributed by atoms with E-state index in [0.29, 0.717) is 0 Å². The monoisotopic (exact) mass is 290 g/mol. The van der Waals surface area contributed by atoms with E-state index >= 15 is 0 Å². The van der Waals surface area contributed by atoms with Gasteiger partial charge in [-0.05, 0) is 24.3 Å². The van der Waals surface area contributed by atoms with Crippen LogP contribution in [0.5, 0.6) is 0 Å². The molecule has 0 saturated carbocycles. The summed E-state index contributed by atoms with van der Waals surface area (Å²) in [6.45, 7) is 0. The molecule has 100 valence electrons. The molecule has 0 saturated heterocycles. The first kappa shape index (κ1) is 14.5. The van der Waals surface area contributed by atoms with Gasteiger partial charge in [0.05, 0.1) is 6.10 Å². The molecule has 2 rings (SSSR count). The van der Waals surface area contributed by atoms with Crippen molar-refractivity contribution < 1.29 is 4.74 Å². The molecule has 0 aliphatic rings. The third kappa shape index (κ3) is 5.31. The Morgan fingerprint density at radius 1 is 0.789 bits per heavy atom. The van der Waals surface area contributed by atoms with Crippen molar-refractivity contribution in [2.45, 2.75) is 15.9 Å². The molecule has 0 atom stereocenters. The molecule has 1 nitrogen and oxygen atoms in total. The van der Waals surface area contributed by atoms with Crippen molar-refractivity contribution in [3.63, 3.8) is 0 Å². The molecule has 0 fully saturated rings. The van der Waals surface area contributed by atoms with Gasteiger partial charge in [-0.1, -0.05) is 36.4 Å². The number of benzene rings is 2. The summed E-state index contributed by atoms with van der Waals surface area (Å²) in [6, 6.07) is 20.9. The highest BCUT2D eigenvalue weighted by molar-refractivity contribution is 8.00. The minimum atomic E-state index is 0.274. The molecule has 0 heterocycles. The molecule has 0 aliphatic carbocycles. The van der Waals surface area contributed by atoms with Crippen LogP contribution in [0.3, 0.4) is 0 Å². The van der Waals surface area contributed by atoms with E-state index in [1.165, 1.54) is 9.79 Å². The Morgan fingerprint density at radius 3 is 1.58 bits per heavy atom. The number of methoxy groups -OCH3 is 1. The van der Waals surface area contributed by atoms with E-state index in [1.807, 2.05) is 35.7 Å². The Kier molecular flexibility index (Phi) is 6.34. The maximum atomic E-state index is 5.55. The topological polar surface area (TPSA) is 9.23 Å². The lowest BCUT2D eigenvalue weighted by Crippen LogP contribution is -2.16. The number of thioether (sulfide) groups is 2. The van der Waals surface area contributed by atoms with E-state index in [4.69, 9.17) is 4.74 Å². The summed E-state index contributed by atoms with van der Waals surface area (Å²) in [6.07, 6.45) is 0.274. The molecule has 0 aliphatic heterocycles. The summed E-state index contributed by atoms with van der Waals surface area (Å²) >= 11 is 3.70. The van der Waals surface area contributed by atoms with Crippen LogP contribution in [0.15, 0.2) is 70.5 Å². The van der Waals surface area contributed by atoms with Crippen LogP contribution in [-0.4, -0.2) is 24.7 Å². The average Bonchev–Trinajstić information content (AvgIpc) is 2.49. The molecule has 0 aromatic heterocycles. The lowest BCUT2D eigenvalue weighted by molar-refractivity contribution is 0.141. The highest BCUT2D eigenvalue weighted by Crippen LogP contribution is 2.23. The SMILES string of the molecule is COC(CSc1ccccc1)CSc1ccccc1. The van der Waals surface area contributed by atoms with Crippen LogP contribution in [0.25, 0.3) is 0 Å². The fraction of sp³-hybridized carbons (Fsp3) is 0.250. The van der Waals surface area contributed by atoms with Crippen molar-refractivity contribution >= 4 is 23.5 Å². The lowest BCUT2D eigenvalue weighted by atomic mass is 10.4. The molecule has 2 aromatic rings. The Morgan fingerprint density at radius 2 is 1.21 bits per heavy atom. The first-order valence-corrected chi connectivity index (χ1v) is 8.24. The molecule has 0 radical (unpaired) electrons. The lowest BCUT2D eigenvalue weighted by Gasteiger charge is -2.14. The third-order valence-corrected chi connectivity index (χ3v) is 4.98. The summed E-state index contributed by atoms with van der Waals surface area (Å²) in [4.78, 5) is 2.60. The summed E-state index contributed by atoms with van der Waals surface area (Å²) in [7, 11) is 1.79. The molecule has 0 bridgehead atoms. The van der Waals surface area contributed by atoms with Gasteiger partial charge in [0, 0.05) is 28.4 Å². The van der Waals surface area contributed by atoms with Crippen LogP contribution in [-0.2, 0) is 4.74 Å². The second-order valence-electron chi connectivity index (χ2n) is 4.11.